The maximum Gasteiger partial charge on any atom is 0.323 e. The third-order valence-electron chi connectivity index (χ3n) is 1.77. The largest absolute Gasteiger partial charge is 0.480 e. The van der Waals surface area contributed by atoms with Gasteiger partial charge in [-0.15, -0.1) is 0 Å². The molecule has 1 amide bonds. The van der Waals surface area contributed by atoms with Gasteiger partial charge in [0.2, 0.25) is 5.91 Å². The lowest BCUT2D eigenvalue weighted by Crippen LogP contribution is -2.45. The molecule has 0 aliphatic carbocycles. The number of carboxylic acids is 1. The summed E-state index contributed by atoms with van der Waals surface area (Å²) in [4.78, 5) is 21.9. The van der Waals surface area contributed by atoms with Crippen molar-refractivity contribution in [1.82, 2.24) is 10.6 Å². The summed E-state index contributed by atoms with van der Waals surface area (Å²) >= 11 is 0. The Morgan fingerprint density at radius 2 is 2.00 bits per heavy atom. The van der Waals surface area contributed by atoms with E-state index in [2.05, 4.69) is 10.6 Å². The van der Waals surface area contributed by atoms with Crippen LogP contribution in [0.5, 0.6) is 0 Å². The van der Waals surface area contributed by atoms with Crippen LogP contribution in [0.3, 0.4) is 0 Å². The maximum absolute atomic E-state index is 11.2. The van der Waals surface area contributed by atoms with Crippen molar-refractivity contribution in [3.8, 4) is 0 Å². The molecule has 0 aromatic carbocycles. The highest BCUT2D eigenvalue weighted by molar-refractivity contribution is 5.79. The van der Waals surface area contributed by atoms with E-state index in [9.17, 15) is 9.59 Å². The number of methoxy groups -OCH3 is 2. The predicted octanol–water partition coefficient (Wildman–Crippen LogP) is -1.56. The van der Waals surface area contributed by atoms with Crippen LogP contribution in [-0.2, 0) is 19.1 Å². The van der Waals surface area contributed by atoms with Gasteiger partial charge in [-0.1, -0.05) is 0 Å². The third kappa shape index (κ3) is 7.16. The van der Waals surface area contributed by atoms with Crippen molar-refractivity contribution in [2.24, 2.45) is 0 Å². The first kappa shape index (κ1) is 14.8. The normalized spacial score (nSPS) is 12.1. The highest BCUT2D eigenvalue weighted by atomic mass is 16.5. The SMILES string of the molecule is COCCNC(=O)CNC(COC)C(=O)O. The van der Waals surface area contributed by atoms with Gasteiger partial charge >= 0.3 is 5.97 Å². The molecule has 3 N–H and O–H groups in total. The standard InChI is InChI=1S/C9H18N2O5/c1-15-4-3-10-8(12)5-11-7(6-16-2)9(13)14/h7,11H,3-6H2,1-2H3,(H,10,12)(H,13,14). The van der Waals surface area contributed by atoms with Crippen molar-refractivity contribution < 1.29 is 24.2 Å². The molecule has 7 heteroatoms. The average molecular weight is 234 g/mol. The second-order valence-electron chi connectivity index (χ2n) is 3.07. The van der Waals surface area contributed by atoms with Gasteiger partial charge in [-0.2, -0.15) is 0 Å². The molecule has 0 aliphatic rings. The van der Waals surface area contributed by atoms with Crippen molar-refractivity contribution in [2.75, 3.05) is 40.5 Å². The van der Waals surface area contributed by atoms with Gasteiger partial charge in [0.25, 0.3) is 0 Å². The maximum atomic E-state index is 11.2. The monoisotopic (exact) mass is 234 g/mol. The number of nitrogens with one attached hydrogen (secondary N) is 2. The molecule has 16 heavy (non-hydrogen) atoms. The van der Waals surface area contributed by atoms with E-state index in [-0.39, 0.29) is 19.1 Å². The highest BCUT2D eigenvalue weighted by Gasteiger charge is 2.17. The summed E-state index contributed by atoms with van der Waals surface area (Å²) in [5.41, 5.74) is 0. The van der Waals surface area contributed by atoms with E-state index in [0.29, 0.717) is 13.2 Å². The molecule has 0 aromatic heterocycles. The molecule has 1 unspecified atom stereocenters. The molecule has 94 valence electrons. The van der Waals surface area contributed by atoms with Crippen LogP contribution in [0.1, 0.15) is 0 Å². The molecule has 0 bridgehead atoms. The van der Waals surface area contributed by atoms with E-state index in [4.69, 9.17) is 14.6 Å². The van der Waals surface area contributed by atoms with E-state index in [0.717, 1.165) is 0 Å². The second kappa shape index (κ2) is 9.08. The van der Waals surface area contributed by atoms with Crippen LogP contribution in [0.25, 0.3) is 0 Å². The van der Waals surface area contributed by atoms with Crippen LogP contribution < -0.4 is 10.6 Å². The fourth-order valence-electron chi connectivity index (χ4n) is 0.955. The lowest BCUT2D eigenvalue weighted by atomic mass is 10.3. The highest BCUT2D eigenvalue weighted by Crippen LogP contribution is 1.84. The average Bonchev–Trinajstić information content (AvgIpc) is 2.24. The number of carboxylic acid groups (broad SMARTS) is 1. The molecule has 0 aliphatic heterocycles. The summed E-state index contributed by atoms with van der Waals surface area (Å²) < 4.78 is 9.45. The van der Waals surface area contributed by atoms with E-state index in [1.54, 1.807) is 0 Å². The molecule has 0 fully saturated rings. The van der Waals surface area contributed by atoms with Gasteiger partial charge in [0.05, 0.1) is 19.8 Å². The minimum atomic E-state index is -1.05. The molecular formula is C9H18N2O5. The van der Waals surface area contributed by atoms with Gasteiger partial charge in [-0.25, -0.2) is 0 Å². The van der Waals surface area contributed by atoms with Crippen LogP contribution in [0.15, 0.2) is 0 Å². The number of ether oxygens (including phenoxy) is 2. The van der Waals surface area contributed by atoms with Crippen LogP contribution in [-0.4, -0.2) is 63.5 Å². The van der Waals surface area contributed by atoms with Crippen LogP contribution in [0.4, 0.5) is 0 Å². The van der Waals surface area contributed by atoms with Crippen LogP contribution in [0.2, 0.25) is 0 Å². The number of aliphatic carboxylic acids is 1. The van der Waals surface area contributed by atoms with Gasteiger partial charge in [0, 0.05) is 20.8 Å². The minimum Gasteiger partial charge on any atom is -0.480 e. The van der Waals surface area contributed by atoms with Crippen molar-refractivity contribution in [1.29, 1.82) is 0 Å². The fourth-order valence-corrected chi connectivity index (χ4v) is 0.955. The van der Waals surface area contributed by atoms with E-state index in [1.807, 2.05) is 0 Å². The Morgan fingerprint density at radius 1 is 1.31 bits per heavy atom. The minimum absolute atomic E-state index is 0.0146. The molecule has 0 saturated heterocycles. The Hall–Kier alpha value is -1.18. The zero-order valence-corrected chi connectivity index (χ0v) is 9.49. The lowest BCUT2D eigenvalue weighted by Gasteiger charge is -2.13. The van der Waals surface area contributed by atoms with Gasteiger partial charge in [-0.3, -0.25) is 14.9 Å². The number of carbonyl (C=O) groups excluding carboxylic acids is 1. The molecule has 0 radical (unpaired) electrons. The summed E-state index contributed by atoms with van der Waals surface area (Å²) in [6.07, 6.45) is 0. The first-order valence-electron chi connectivity index (χ1n) is 4.82. The molecule has 0 spiro atoms. The quantitative estimate of drug-likeness (QED) is 0.417. The Kier molecular flexibility index (Phi) is 8.41. The first-order valence-corrected chi connectivity index (χ1v) is 4.82. The lowest BCUT2D eigenvalue weighted by molar-refractivity contribution is -0.140. The number of hydrogen-bond donors (Lipinski definition) is 3. The Bertz CT molecular complexity index is 222. The summed E-state index contributed by atoms with van der Waals surface area (Å²) in [6.45, 7) is 0.774. The fraction of sp³-hybridized carbons (Fsp3) is 0.778. The first-order chi connectivity index (χ1) is 7.61. The van der Waals surface area contributed by atoms with Crippen LogP contribution in [0, 0.1) is 0 Å². The molecule has 0 heterocycles. The van der Waals surface area contributed by atoms with E-state index >= 15 is 0 Å². The van der Waals surface area contributed by atoms with Crippen LogP contribution >= 0.6 is 0 Å². The van der Waals surface area contributed by atoms with Gasteiger partial charge < -0.3 is 19.9 Å². The third-order valence-corrected chi connectivity index (χ3v) is 1.77. The molecular weight excluding hydrogens is 216 g/mol. The predicted molar refractivity (Wildman–Crippen MR) is 56.2 cm³/mol. The molecule has 0 rings (SSSR count). The van der Waals surface area contributed by atoms with Crippen molar-refractivity contribution in [3.63, 3.8) is 0 Å². The summed E-state index contributed by atoms with van der Waals surface area (Å²) in [6, 6.07) is -0.877. The molecule has 0 saturated carbocycles. The zero-order chi connectivity index (χ0) is 12.4. The number of hydrogen-bond acceptors (Lipinski definition) is 5. The van der Waals surface area contributed by atoms with Gasteiger partial charge in [-0.05, 0) is 0 Å². The zero-order valence-electron chi connectivity index (χ0n) is 9.49. The van der Waals surface area contributed by atoms with Crippen molar-refractivity contribution in [2.45, 2.75) is 6.04 Å². The van der Waals surface area contributed by atoms with Crippen molar-refractivity contribution in [3.05, 3.63) is 0 Å². The Balaban J connectivity index is 3.74. The Morgan fingerprint density at radius 3 is 2.50 bits per heavy atom. The van der Waals surface area contributed by atoms with Crippen molar-refractivity contribution >= 4 is 11.9 Å². The summed E-state index contributed by atoms with van der Waals surface area (Å²) in [5.74, 6) is -1.33. The van der Waals surface area contributed by atoms with Gasteiger partial charge in [0.15, 0.2) is 0 Å². The molecule has 0 aromatic rings. The number of carbonyl (C=O) groups is 2. The van der Waals surface area contributed by atoms with E-state index < -0.39 is 12.0 Å². The molecule has 7 nitrogen and oxygen atoms in total. The molecule has 1 atom stereocenters. The summed E-state index contributed by atoms with van der Waals surface area (Å²) in [7, 11) is 2.93. The number of amides is 1. The topological polar surface area (TPSA) is 96.9 Å². The Labute approximate surface area is 94.1 Å². The summed E-state index contributed by atoms with van der Waals surface area (Å²) in [5, 5.41) is 13.9. The smallest absolute Gasteiger partial charge is 0.323 e. The second-order valence-corrected chi connectivity index (χ2v) is 3.07. The van der Waals surface area contributed by atoms with E-state index in [1.165, 1.54) is 14.2 Å². The number of rotatable bonds is 9. The van der Waals surface area contributed by atoms with Gasteiger partial charge in [0.1, 0.15) is 6.04 Å².